The van der Waals surface area contributed by atoms with Crippen molar-refractivity contribution in [2.24, 2.45) is 5.92 Å². The maximum Gasteiger partial charge on any atom is 0.201 e. The Morgan fingerprint density at radius 2 is 0.613 bits per heavy atom. The maximum absolute atomic E-state index is 11.2. The standard InChI is InChI=1S/C30H59O/c1-3-5-7-9-11-13-15-16-18-20-22-24-26-28-30(29-31)27-25-23-21-19-17-14-12-10-8-6-4-2/h30H,3-28H2,1-2H3. The van der Waals surface area contributed by atoms with Gasteiger partial charge in [0.25, 0.3) is 0 Å². The molecule has 1 radical (unpaired) electrons. The summed E-state index contributed by atoms with van der Waals surface area (Å²) in [6, 6.07) is 0. The minimum atomic E-state index is 0.214. The van der Waals surface area contributed by atoms with Crippen LogP contribution in [0.1, 0.15) is 181 Å². The molecule has 0 heterocycles. The van der Waals surface area contributed by atoms with Crippen LogP contribution in [-0.4, -0.2) is 6.29 Å². The highest BCUT2D eigenvalue weighted by molar-refractivity contribution is 5.54. The fourth-order valence-electron chi connectivity index (χ4n) is 4.73. The minimum Gasteiger partial charge on any atom is -0.291 e. The summed E-state index contributed by atoms with van der Waals surface area (Å²) in [6.45, 7) is 4.57. The van der Waals surface area contributed by atoms with Gasteiger partial charge in [-0.05, 0) is 12.8 Å². The molecule has 0 spiro atoms. The highest BCUT2D eigenvalue weighted by atomic mass is 16.1. The van der Waals surface area contributed by atoms with Crippen molar-refractivity contribution in [1.29, 1.82) is 0 Å². The Morgan fingerprint density at radius 1 is 0.387 bits per heavy atom. The first-order valence-electron chi connectivity index (χ1n) is 14.7. The first-order chi connectivity index (χ1) is 15.3. The van der Waals surface area contributed by atoms with Crippen LogP contribution in [0, 0.1) is 5.92 Å². The molecular weight excluding hydrogens is 376 g/mol. The van der Waals surface area contributed by atoms with Gasteiger partial charge in [0.05, 0.1) is 0 Å². The van der Waals surface area contributed by atoms with Gasteiger partial charge in [-0.25, -0.2) is 0 Å². The number of carbonyl (C=O) groups excluding carboxylic acids is 1. The van der Waals surface area contributed by atoms with E-state index < -0.39 is 0 Å². The van der Waals surface area contributed by atoms with Gasteiger partial charge < -0.3 is 0 Å². The SMILES string of the molecule is CCCCCCCCCCCCCCCC([C]=O)CCCCCCCCCCCCC. The number of rotatable bonds is 27. The van der Waals surface area contributed by atoms with E-state index in [0.717, 1.165) is 12.8 Å². The van der Waals surface area contributed by atoms with Crippen LogP contribution < -0.4 is 0 Å². The van der Waals surface area contributed by atoms with E-state index in [1.165, 1.54) is 154 Å². The zero-order chi connectivity index (χ0) is 22.7. The minimum absolute atomic E-state index is 0.214. The van der Waals surface area contributed by atoms with E-state index in [-0.39, 0.29) is 5.92 Å². The van der Waals surface area contributed by atoms with Crippen LogP contribution >= 0.6 is 0 Å². The molecular formula is C30H59O. The van der Waals surface area contributed by atoms with Gasteiger partial charge in [0.1, 0.15) is 0 Å². The summed E-state index contributed by atoms with van der Waals surface area (Å²) in [5.74, 6) is 0.214. The molecule has 1 atom stereocenters. The van der Waals surface area contributed by atoms with Crippen molar-refractivity contribution >= 4 is 6.29 Å². The second kappa shape index (κ2) is 27.7. The van der Waals surface area contributed by atoms with Gasteiger partial charge in [-0.15, -0.1) is 0 Å². The Kier molecular flexibility index (Phi) is 27.4. The topological polar surface area (TPSA) is 17.1 Å². The summed E-state index contributed by atoms with van der Waals surface area (Å²) in [4.78, 5) is 11.2. The smallest absolute Gasteiger partial charge is 0.201 e. The third kappa shape index (κ3) is 25.8. The number of hydrogen-bond acceptors (Lipinski definition) is 1. The third-order valence-corrected chi connectivity index (χ3v) is 6.98. The molecule has 0 aliphatic carbocycles. The molecule has 0 saturated carbocycles. The van der Waals surface area contributed by atoms with Gasteiger partial charge in [0.2, 0.25) is 6.29 Å². The molecule has 0 aromatic carbocycles. The Bertz CT molecular complexity index is 324. The lowest BCUT2D eigenvalue weighted by Crippen LogP contribution is -2.02. The molecule has 1 nitrogen and oxygen atoms in total. The van der Waals surface area contributed by atoms with E-state index in [2.05, 4.69) is 20.1 Å². The van der Waals surface area contributed by atoms with Crippen molar-refractivity contribution < 1.29 is 4.79 Å². The predicted octanol–water partition coefficient (Wildman–Crippen LogP) is 10.9. The summed E-state index contributed by atoms with van der Waals surface area (Å²) >= 11 is 0. The van der Waals surface area contributed by atoms with Crippen molar-refractivity contribution in [3.8, 4) is 0 Å². The molecule has 0 aromatic heterocycles. The van der Waals surface area contributed by atoms with Crippen LogP contribution in [0.5, 0.6) is 0 Å². The average molecular weight is 436 g/mol. The van der Waals surface area contributed by atoms with Crippen molar-refractivity contribution in [2.75, 3.05) is 0 Å². The van der Waals surface area contributed by atoms with Crippen LogP contribution in [0.4, 0.5) is 0 Å². The molecule has 0 N–H and O–H groups in total. The highest BCUT2D eigenvalue weighted by Crippen LogP contribution is 2.18. The predicted molar refractivity (Wildman–Crippen MR) is 141 cm³/mol. The van der Waals surface area contributed by atoms with Crippen molar-refractivity contribution in [3.63, 3.8) is 0 Å². The third-order valence-electron chi connectivity index (χ3n) is 6.98. The second-order valence-electron chi connectivity index (χ2n) is 10.2. The first-order valence-corrected chi connectivity index (χ1v) is 14.7. The Morgan fingerprint density at radius 3 is 0.839 bits per heavy atom. The van der Waals surface area contributed by atoms with E-state index in [1.54, 1.807) is 0 Å². The lowest BCUT2D eigenvalue weighted by atomic mass is 9.95. The van der Waals surface area contributed by atoms with E-state index in [9.17, 15) is 4.79 Å². The molecule has 0 amide bonds. The van der Waals surface area contributed by atoms with Crippen LogP contribution in [-0.2, 0) is 4.79 Å². The van der Waals surface area contributed by atoms with Gasteiger partial charge in [0, 0.05) is 5.92 Å². The van der Waals surface area contributed by atoms with Gasteiger partial charge >= 0.3 is 0 Å². The molecule has 0 aliphatic rings. The van der Waals surface area contributed by atoms with Crippen LogP contribution in [0.2, 0.25) is 0 Å². The molecule has 0 saturated heterocycles. The second-order valence-corrected chi connectivity index (χ2v) is 10.2. The summed E-state index contributed by atoms with van der Waals surface area (Å²) < 4.78 is 0. The fraction of sp³-hybridized carbons (Fsp3) is 0.967. The molecule has 0 aliphatic heterocycles. The maximum atomic E-state index is 11.2. The van der Waals surface area contributed by atoms with E-state index in [0.29, 0.717) is 0 Å². The van der Waals surface area contributed by atoms with Crippen LogP contribution in [0.3, 0.4) is 0 Å². The van der Waals surface area contributed by atoms with Gasteiger partial charge in [-0.1, -0.05) is 168 Å². The molecule has 0 bridgehead atoms. The summed E-state index contributed by atoms with van der Waals surface area (Å²) in [6.07, 6.45) is 37.8. The van der Waals surface area contributed by atoms with Crippen molar-refractivity contribution in [1.82, 2.24) is 0 Å². The van der Waals surface area contributed by atoms with Crippen LogP contribution in [0.25, 0.3) is 0 Å². The van der Waals surface area contributed by atoms with E-state index >= 15 is 0 Å². The summed E-state index contributed by atoms with van der Waals surface area (Å²) in [5.41, 5.74) is 0. The van der Waals surface area contributed by atoms with Crippen molar-refractivity contribution in [3.05, 3.63) is 0 Å². The lowest BCUT2D eigenvalue weighted by Gasteiger charge is -2.09. The van der Waals surface area contributed by atoms with E-state index in [4.69, 9.17) is 0 Å². The quantitative estimate of drug-likeness (QED) is 0.117. The molecule has 185 valence electrons. The molecule has 0 fully saturated rings. The molecule has 1 heteroatoms. The fourth-order valence-corrected chi connectivity index (χ4v) is 4.73. The van der Waals surface area contributed by atoms with Gasteiger partial charge in [0.15, 0.2) is 0 Å². The van der Waals surface area contributed by atoms with Crippen LogP contribution in [0.15, 0.2) is 0 Å². The molecule has 0 rings (SSSR count). The number of unbranched alkanes of at least 4 members (excludes halogenated alkanes) is 22. The van der Waals surface area contributed by atoms with Crippen molar-refractivity contribution in [2.45, 2.75) is 181 Å². The zero-order valence-corrected chi connectivity index (χ0v) is 21.9. The highest BCUT2D eigenvalue weighted by Gasteiger charge is 2.08. The molecule has 0 aromatic rings. The molecule has 31 heavy (non-hydrogen) atoms. The normalized spacial score (nSPS) is 12.3. The zero-order valence-electron chi connectivity index (χ0n) is 21.9. The Labute approximate surface area is 197 Å². The lowest BCUT2D eigenvalue weighted by molar-refractivity contribution is 0.448. The largest absolute Gasteiger partial charge is 0.291 e. The Balaban J connectivity index is 3.27. The van der Waals surface area contributed by atoms with E-state index in [1.807, 2.05) is 0 Å². The molecule has 1 unspecified atom stereocenters. The monoisotopic (exact) mass is 435 g/mol. The first kappa shape index (κ1) is 30.7. The van der Waals surface area contributed by atoms with Gasteiger partial charge in [-0.2, -0.15) is 0 Å². The average Bonchev–Trinajstić information content (AvgIpc) is 2.79. The van der Waals surface area contributed by atoms with Gasteiger partial charge in [-0.3, -0.25) is 4.79 Å². The number of hydrogen-bond donors (Lipinski definition) is 0. The summed E-state index contributed by atoms with van der Waals surface area (Å²) in [7, 11) is 0. The Hall–Kier alpha value is -0.330. The summed E-state index contributed by atoms with van der Waals surface area (Å²) in [5, 5.41) is 0.